The topological polar surface area (TPSA) is 64.6 Å². The molecule has 0 saturated carbocycles. The second-order valence-electron chi connectivity index (χ2n) is 10.5. The predicted molar refractivity (Wildman–Crippen MR) is 169 cm³/mol. The van der Waals surface area contributed by atoms with Crippen molar-refractivity contribution in [1.82, 2.24) is 0 Å². The van der Waals surface area contributed by atoms with Crippen LogP contribution in [-0.4, -0.2) is 76.8 Å². The van der Waals surface area contributed by atoms with Gasteiger partial charge in [-0.15, -0.1) is 26.3 Å². The first-order valence-corrected chi connectivity index (χ1v) is 15.1. The predicted octanol–water partition coefficient (Wildman–Crippen LogP) is 6.45. The van der Waals surface area contributed by atoms with Crippen molar-refractivity contribution in [2.75, 3.05) is 46.2 Å². The third kappa shape index (κ3) is 9.37. The first-order valence-electron chi connectivity index (χ1n) is 14.7. The van der Waals surface area contributed by atoms with E-state index < -0.39 is 30.5 Å². The van der Waals surface area contributed by atoms with E-state index in [2.05, 4.69) is 44.5 Å². The summed E-state index contributed by atoms with van der Waals surface area (Å²) in [5, 5.41) is 0.670. The van der Waals surface area contributed by atoms with Crippen molar-refractivity contribution >= 4 is 11.6 Å². The summed E-state index contributed by atoms with van der Waals surface area (Å²) in [5.74, 6) is 0.834. The van der Waals surface area contributed by atoms with Gasteiger partial charge in [0, 0.05) is 11.4 Å². The fourth-order valence-electron chi connectivity index (χ4n) is 5.31. The van der Waals surface area contributed by atoms with Gasteiger partial charge in [-0.25, -0.2) is 0 Å². The Bertz CT molecular complexity index is 1180. The maximum absolute atomic E-state index is 6.72. The summed E-state index contributed by atoms with van der Waals surface area (Å²) >= 11 is 6.72. The first-order chi connectivity index (χ1) is 21.1. The van der Waals surface area contributed by atoms with Crippen molar-refractivity contribution in [2.24, 2.45) is 0 Å². The zero-order valence-corrected chi connectivity index (χ0v) is 25.5. The van der Waals surface area contributed by atoms with Gasteiger partial charge in [-0.1, -0.05) is 60.2 Å². The number of halogens is 1. The maximum atomic E-state index is 6.72. The Hall–Kier alpha value is -2.75. The molecule has 0 bridgehead atoms. The van der Waals surface area contributed by atoms with E-state index in [4.69, 9.17) is 44.8 Å². The molecule has 0 aromatic heterocycles. The zero-order chi connectivity index (χ0) is 30.4. The molecule has 7 nitrogen and oxygen atoms in total. The van der Waals surface area contributed by atoms with Crippen molar-refractivity contribution < 1.29 is 33.2 Å². The summed E-state index contributed by atoms with van der Waals surface area (Å²) < 4.78 is 42.8. The average Bonchev–Trinajstić information content (AvgIpc) is 3.53. The first kappa shape index (κ1) is 33.1. The molecule has 43 heavy (non-hydrogen) atoms. The lowest BCUT2D eigenvalue weighted by Gasteiger charge is -2.46. The van der Waals surface area contributed by atoms with Crippen molar-refractivity contribution in [1.29, 1.82) is 0 Å². The minimum absolute atomic E-state index is 0.107. The highest BCUT2D eigenvalue weighted by molar-refractivity contribution is 6.31. The van der Waals surface area contributed by atoms with Crippen molar-refractivity contribution in [3.05, 3.63) is 115 Å². The molecule has 232 valence electrons. The van der Waals surface area contributed by atoms with Crippen LogP contribution in [0.5, 0.6) is 5.75 Å². The van der Waals surface area contributed by atoms with Gasteiger partial charge in [0.15, 0.2) is 0 Å². The summed E-state index contributed by atoms with van der Waals surface area (Å²) in [6.45, 7) is 18.2. The number of hydrogen-bond acceptors (Lipinski definition) is 7. The fourth-order valence-corrected chi connectivity index (χ4v) is 5.49. The minimum Gasteiger partial charge on any atom is -0.488 e. The maximum Gasteiger partial charge on any atom is 0.124 e. The third-order valence-electron chi connectivity index (χ3n) is 7.28. The Kier molecular flexibility index (Phi) is 13.5. The Morgan fingerprint density at radius 2 is 1.49 bits per heavy atom. The summed E-state index contributed by atoms with van der Waals surface area (Å²) in [7, 11) is 0. The van der Waals surface area contributed by atoms with Crippen LogP contribution in [0.15, 0.2) is 93.1 Å². The van der Waals surface area contributed by atoms with E-state index in [1.165, 1.54) is 0 Å². The quantitative estimate of drug-likeness (QED) is 0.142. The average molecular weight is 611 g/mol. The highest BCUT2D eigenvalue weighted by Crippen LogP contribution is 2.39. The molecule has 2 saturated heterocycles. The molecule has 0 radical (unpaired) electrons. The lowest BCUT2D eigenvalue weighted by molar-refractivity contribution is -0.262. The molecule has 8 heteroatoms. The Labute approximate surface area is 260 Å². The van der Waals surface area contributed by atoms with Crippen LogP contribution in [0.1, 0.15) is 29.2 Å². The Morgan fingerprint density at radius 1 is 0.814 bits per heavy atom. The van der Waals surface area contributed by atoms with Gasteiger partial charge in [0.25, 0.3) is 0 Å². The van der Waals surface area contributed by atoms with Crippen LogP contribution in [0.2, 0.25) is 5.02 Å². The van der Waals surface area contributed by atoms with Gasteiger partial charge >= 0.3 is 0 Å². The van der Waals surface area contributed by atoms with Crippen LogP contribution in [0.25, 0.3) is 0 Å². The molecule has 2 fully saturated rings. The smallest absolute Gasteiger partial charge is 0.124 e. The third-order valence-corrected chi connectivity index (χ3v) is 7.65. The largest absolute Gasteiger partial charge is 0.488 e. The second kappa shape index (κ2) is 17.5. The van der Waals surface area contributed by atoms with Gasteiger partial charge in [-0.3, -0.25) is 0 Å². The Balaban J connectivity index is 1.61. The normalized spacial score (nSPS) is 25.2. The van der Waals surface area contributed by atoms with Crippen molar-refractivity contribution in [3.8, 4) is 5.75 Å². The molecule has 0 spiro atoms. The van der Waals surface area contributed by atoms with Gasteiger partial charge in [0.1, 0.15) is 42.4 Å². The SMILES string of the molecule is C=CCOC[C@H]1O[C@@H](c2ccc(Cl)c(Cc3ccc(O[C@H]4CCOC4)cc3)c2)[C@H](OCC=C)[C@@H](OCC=C)[C@@H]1OCC=C. The van der Waals surface area contributed by atoms with Gasteiger partial charge in [0.2, 0.25) is 0 Å². The summed E-state index contributed by atoms with van der Waals surface area (Å²) in [6.07, 6.45) is 6.08. The van der Waals surface area contributed by atoms with E-state index in [-0.39, 0.29) is 12.7 Å². The molecular formula is C35H43ClO7. The molecular weight excluding hydrogens is 568 g/mol. The van der Waals surface area contributed by atoms with E-state index in [9.17, 15) is 0 Å². The number of rotatable bonds is 18. The summed E-state index contributed by atoms with van der Waals surface area (Å²) in [5.41, 5.74) is 2.99. The van der Waals surface area contributed by atoms with Crippen LogP contribution >= 0.6 is 11.6 Å². The van der Waals surface area contributed by atoms with E-state index >= 15 is 0 Å². The van der Waals surface area contributed by atoms with Crippen LogP contribution < -0.4 is 4.74 Å². The highest BCUT2D eigenvalue weighted by Gasteiger charge is 2.48. The molecule has 0 amide bonds. The Morgan fingerprint density at radius 3 is 2.14 bits per heavy atom. The molecule has 0 unspecified atom stereocenters. The standard InChI is InChI=1S/C35H43ClO7/c1-5-16-37-24-31-33(39-17-6-2)35(41-19-8-4)34(40-18-7-3)32(43-31)26-11-14-30(36)27(22-26)21-25-9-12-28(13-10-25)42-29-15-20-38-23-29/h5-14,22,29,31-35H,1-4,15-21,23-24H2/t29-,31+,32-,33+,34-,35-/m0/s1. The van der Waals surface area contributed by atoms with Crippen LogP contribution in [0, 0.1) is 0 Å². The van der Waals surface area contributed by atoms with E-state index in [0.717, 1.165) is 35.5 Å². The molecule has 2 aromatic carbocycles. The van der Waals surface area contributed by atoms with Crippen molar-refractivity contribution in [2.45, 2.75) is 49.5 Å². The molecule has 6 atom stereocenters. The molecule has 2 aromatic rings. The van der Waals surface area contributed by atoms with Gasteiger partial charge in [-0.2, -0.15) is 0 Å². The molecule has 0 aliphatic carbocycles. The molecule has 0 N–H and O–H groups in total. The molecule has 2 heterocycles. The monoisotopic (exact) mass is 610 g/mol. The fraction of sp³-hybridized carbons (Fsp3) is 0.429. The lowest BCUT2D eigenvalue weighted by Crippen LogP contribution is -2.58. The lowest BCUT2D eigenvalue weighted by atomic mass is 9.89. The summed E-state index contributed by atoms with van der Waals surface area (Å²) in [4.78, 5) is 0. The van der Waals surface area contributed by atoms with Crippen LogP contribution in [0.4, 0.5) is 0 Å². The van der Waals surface area contributed by atoms with Crippen molar-refractivity contribution in [3.63, 3.8) is 0 Å². The van der Waals surface area contributed by atoms with Gasteiger partial charge in [0.05, 0.1) is 46.2 Å². The van der Waals surface area contributed by atoms with Gasteiger partial charge in [-0.05, 0) is 41.3 Å². The van der Waals surface area contributed by atoms with Crippen LogP contribution in [-0.2, 0) is 34.8 Å². The molecule has 4 rings (SSSR count). The highest BCUT2D eigenvalue weighted by atomic mass is 35.5. The van der Waals surface area contributed by atoms with E-state index in [1.54, 1.807) is 24.3 Å². The zero-order valence-electron chi connectivity index (χ0n) is 24.7. The van der Waals surface area contributed by atoms with E-state index in [0.29, 0.717) is 44.5 Å². The molecule has 2 aliphatic rings. The molecule has 2 aliphatic heterocycles. The van der Waals surface area contributed by atoms with Crippen LogP contribution in [0.3, 0.4) is 0 Å². The number of ether oxygens (including phenoxy) is 7. The number of benzene rings is 2. The van der Waals surface area contributed by atoms with Gasteiger partial charge < -0.3 is 33.2 Å². The number of hydrogen-bond donors (Lipinski definition) is 0. The second-order valence-corrected chi connectivity index (χ2v) is 10.9. The van der Waals surface area contributed by atoms with E-state index in [1.807, 2.05) is 24.3 Å². The minimum atomic E-state index is -0.506. The summed E-state index contributed by atoms with van der Waals surface area (Å²) in [6, 6.07) is 14.1.